The van der Waals surface area contributed by atoms with E-state index in [0.717, 1.165) is 0 Å². The maximum Gasteiger partial charge on any atom is 0.310 e. The SMILES string of the molecule is O=C(CCO)OCC1OC(OC(=O)CCO)C(OC(=O)CCO)C(OC(=O)CCO)C1OC(=O)CCO. The number of aliphatic hydroxyl groups is 5. The topological polar surface area (TPSA) is 242 Å². The number of ether oxygens (including phenoxy) is 6. The Bertz CT molecular complexity index is 755. The second-order valence-corrected chi connectivity index (χ2v) is 7.45. The van der Waals surface area contributed by atoms with E-state index in [-0.39, 0.29) is 0 Å². The molecular formula is C21H32O16. The van der Waals surface area contributed by atoms with Crippen molar-refractivity contribution in [1.29, 1.82) is 0 Å². The number of rotatable bonds is 16. The lowest BCUT2D eigenvalue weighted by molar-refractivity contribution is -0.301. The van der Waals surface area contributed by atoms with Crippen LogP contribution in [0.2, 0.25) is 0 Å². The van der Waals surface area contributed by atoms with Gasteiger partial charge in [-0.25, -0.2) is 0 Å². The predicted octanol–water partition coefficient (Wildman–Crippen LogP) is -3.55. The van der Waals surface area contributed by atoms with E-state index >= 15 is 0 Å². The number of hydrogen-bond donors (Lipinski definition) is 5. The second kappa shape index (κ2) is 17.5. The molecule has 0 bridgehead atoms. The van der Waals surface area contributed by atoms with Crippen molar-refractivity contribution in [1.82, 2.24) is 0 Å². The Morgan fingerprint density at radius 3 is 1.35 bits per heavy atom. The molecular weight excluding hydrogens is 508 g/mol. The first kappa shape index (κ1) is 32.1. The summed E-state index contributed by atoms with van der Waals surface area (Å²) in [4.78, 5) is 60.6. The van der Waals surface area contributed by atoms with Crippen LogP contribution in [0.4, 0.5) is 0 Å². The maximum atomic E-state index is 12.3. The van der Waals surface area contributed by atoms with Crippen molar-refractivity contribution in [3.05, 3.63) is 0 Å². The fourth-order valence-electron chi connectivity index (χ4n) is 3.03. The molecule has 0 aliphatic carbocycles. The van der Waals surface area contributed by atoms with Gasteiger partial charge in [-0.05, 0) is 0 Å². The zero-order chi connectivity index (χ0) is 27.8. The van der Waals surface area contributed by atoms with Gasteiger partial charge in [-0.3, -0.25) is 24.0 Å². The minimum absolute atomic E-state index is 0.396. The van der Waals surface area contributed by atoms with Crippen molar-refractivity contribution in [2.24, 2.45) is 0 Å². The van der Waals surface area contributed by atoms with Gasteiger partial charge in [0.05, 0.1) is 65.1 Å². The summed E-state index contributed by atoms with van der Waals surface area (Å²) in [6.45, 7) is -3.70. The Morgan fingerprint density at radius 2 is 0.892 bits per heavy atom. The molecule has 37 heavy (non-hydrogen) atoms. The maximum absolute atomic E-state index is 12.3. The monoisotopic (exact) mass is 540 g/mol. The van der Waals surface area contributed by atoms with Crippen molar-refractivity contribution < 1.29 is 77.9 Å². The summed E-state index contributed by atoms with van der Waals surface area (Å²) in [6, 6.07) is 0. The van der Waals surface area contributed by atoms with Gasteiger partial charge in [0.1, 0.15) is 12.7 Å². The lowest BCUT2D eigenvalue weighted by Crippen LogP contribution is -2.63. The van der Waals surface area contributed by atoms with E-state index < -0.39 is 132 Å². The third-order valence-electron chi connectivity index (χ3n) is 4.63. The molecule has 5 atom stereocenters. The van der Waals surface area contributed by atoms with E-state index in [4.69, 9.17) is 54.0 Å². The van der Waals surface area contributed by atoms with Crippen LogP contribution in [0.25, 0.3) is 0 Å². The smallest absolute Gasteiger partial charge is 0.310 e. The molecule has 0 spiro atoms. The molecule has 0 radical (unpaired) electrons. The molecule has 1 fully saturated rings. The highest BCUT2D eigenvalue weighted by atomic mass is 16.7. The fraction of sp³-hybridized carbons (Fsp3) is 0.762. The van der Waals surface area contributed by atoms with Crippen molar-refractivity contribution in [3.63, 3.8) is 0 Å². The molecule has 1 heterocycles. The highest BCUT2D eigenvalue weighted by molar-refractivity contribution is 5.72. The molecule has 0 aromatic carbocycles. The van der Waals surface area contributed by atoms with Crippen molar-refractivity contribution in [3.8, 4) is 0 Å². The van der Waals surface area contributed by atoms with E-state index in [1.807, 2.05) is 0 Å². The van der Waals surface area contributed by atoms with Gasteiger partial charge < -0.3 is 54.0 Å². The summed E-state index contributed by atoms with van der Waals surface area (Å²) in [5.74, 6) is -5.01. The minimum atomic E-state index is -1.83. The molecule has 1 rings (SSSR count). The van der Waals surface area contributed by atoms with Crippen LogP contribution in [0.1, 0.15) is 32.1 Å². The summed E-state index contributed by atoms with van der Waals surface area (Å²) in [6.07, 6.45) is -11.0. The standard InChI is InChI=1S/C21H32O16/c22-6-1-13(27)32-11-12-18(34-14(28)2-7-23)19(35-15(29)3-8-24)20(36-16(30)4-9-25)21(33-12)37-17(31)5-10-26/h12,18-26H,1-11H2. The van der Waals surface area contributed by atoms with E-state index in [2.05, 4.69) is 0 Å². The molecule has 1 saturated heterocycles. The summed E-state index contributed by atoms with van der Waals surface area (Å²) >= 11 is 0. The molecule has 0 aromatic rings. The number of carbonyl (C=O) groups excluding carboxylic acids is 5. The lowest BCUT2D eigenvalue weighted by Gasteiger charge is -2.43. The highest BCUT2D eigenvalue weighted by Gasteiger charge is 2.54. The molecule has 1 aliphatic rings. The minimum Gasteiger partial charge on any atom is -0.463 e. The highest BCUT2D eigenvalue weighted by Crippen LogP contribution is 2.30. The van der Waals surface area contributed by atoms with Gasteiger partial charge in [0.2, 0.25) is 12.4 Å². The van der Waals surface area contributed by atoms with Gasteiger partial charge >= 0.3 is 29.8 Å². The Morgan fingerprint density at radius 1 is 0.514 bits per heavy atom. The Balaban J connectivity index is 3.45. The molecule has 5 unspecified atom stereocenters. The van der Waals surface area contributed by atoms with Crippen molar-refractivity contribution in [2.45, 2.75) is 62.8 Å². The normalized spacial score (nSPS) is 23.0. The number of carbonyl (C=O) groups is 5. The first-order valence-corrected chi connectivity index (χ1v) is 11.3. The van der Waals surface area contributed by atoms with Crippen LogP contribution >= 0.6 is 0 Å². The third-order valence-corrected chi connectivity index (χ3v) is 4.63. The zero-order valence-electron chi connectivity index (χ0n) is 19.9. The van der Waals surface area contributed by atoms with Gasteiger partial charge in [-0.2, -0.15) is 0 Å². The van der Waals surface area contributed by atoms with Crippen LogP contribution in [0, 0.1) is 0 Å². The van der Waals surface area contributed by atoms with Crippen LogP contribution in [-0.2, 0) is 52.4 Å². The number of hydrogen-bond acceptors (Lipinski definition) is 16. The van der Waals surface area contributed by atoms with Crippen LogP contribution in [-0.4, -0.2) is 126 Å². The Kier molecular flexibility index (Phi) is 15.2. The van der Waals surface area contributed by atoms with Gasteiger partial charge in [0.25, 0.3) is 0 Å². The van der Waals surface area contributed by atoms with E-state index in [1.165, 1.54) is 0 Å². The predicted molar refractivity (Wildman–Crippen MR) is 114 cm³/mol. The van der Waals surface area contributed by atoms with Gasteiger partial charge in [0, 0.05) is 0 Å². The molecule has 212 valence electrons. The van der Waals surface area contributed by atoms with Crippen LogP contribution in [0.15, 0.2) is 0 Å². The van der Waals surface area contributed by atoms with Crippen molar-refractivity contribution >= 4 is 29.8 Å². The van der Waals surface area contributed by atoms with Gasteiger partial charge in [-0.1, -0.05) is 0 Å². The zero-order valence-corrected chi connectivity index (χ0v) is 19.9. The quantitative estimate of drug-likeness (QED) is 0.0939. The second-order valence-electron chi connectivity index (χ2n) is 7.45. The summed E-state index contributed by atoms with van der Waals surface area (Å²) in [5.41, 5.74) is 0. The van der Waals surface area contributed by atoms with Crippen LogP contribution in [0.5, 0.6) is 0 Å². The third kappa shape index (κ3) is 11.4. The molecule has 5 N–H and O–H groups in total. The summed E-state index contributed by atoms with van der Waals surface area (Å²) in [5, 5.41) is 45.1. The van der Waals surface area contributed by atoms with Gasteiger partial charge in [0.15, 0.2) is 12.2 Å². The lowest BCUT2D eigenvalue weighted by atomic mass is 9.98. The van der Waals surface area contributed by atoms with Crippen LogP contribution in [0.3, 0.4) is 0 Å². The average molecular weight is 540 g/mol. The first-order valence-electron chi connectivity index (χ1n) is 11.3. The number of esters is 5. The molecule has 0 aromatic heterocycles. The Hall–Kier alpha value is -2.89. The molecule has 16 nitrogen and oxygen atoms in total. The van der Waals surface area contributed by atoms with Gasteiger partial charge in [-0.15, -0.1) is 0 Å². The summed E-state index contributed by atoms with van der Waals surface area (Å²) < 4.78 is 31.5. The largest absolute Gasteiger partial charge is 0.463 e. The van der Waals surface area contributed by atoms with Crippen LogP contribution < -0.4 is 0 Å². The average Bonchev–Trinajstić information content (AvgIpc) is 2.82. The van der Waals surface area contributed by atoms with E-state index in [9.17, 15) is 24.0 Å². The molecule has 0 amide bonds. The van der Waals surface area contributed by atoms with E-state index in [1.54, 1.807) is 0 Å². The van der Waals surface area contributed by atoms with Crippen molar-refractivity contribution in [2.75, 3.05) is 39.6 Å². The fourth-order valence-corrected chi connectivity index (χ4v) is 3.03. The summed E-state index contributed by atoms with van der Waals surface area (Å²) in [7, 11) is 0. The first-order chi connectivity index (χ1) is 17.7. The molecule has 16 heteroatoms. The van der Waals surface area contributed by atoms with E-state index in [0.29, 0.717) is 0 Å². The molecule has 0 saturated carbocycles. The number of aliphatic hydroxyl groups excluding tert-OH is 5. The Labute approximate surface area is 210 Å². The molecule has 1 aliphatic heterocycles.